The van der Waals surface area contributed by atoms with Crippen molar-refractivity contribution < 1.29 is 4.39 Å². The highest BCUT2D eigenvalue weighted by atomic mass is 35.5. The first kappa shape index (κ1) is 14.9. The van der Waals surface area contributed by atoms with Crippen LogP contribution in [0.25, 0.3) is 0 Å². The van der Waals surface area contributed by atoms with Gasteiger partial charge in [-0.3, -0.25) is 0 Å². The van der Waals surface area contributed by atoms with Crippen molar-refractivity contribution in [3.8, 4) is 0 Å². The minimum absolute atomic E-state index is 0. The topological polar surface area (TPSA) is 24.9 Å². The van der Waals surface area contributed by atoms with E-state index in [1.165, 1.54) is 6.07 Å². The zero-order valence-corrected chi connectivity index (χ0v) is 10.3. The SMILES string of the molecule is Cl.Cl.Fc1cnc(Cl)c([C@H]2CCCN2)c1. The molecule has 15 heavy (non-hydrogen) atoms. The van der Waals surface area contributed by atoms with Gasteiger partial charge in [0.1, 0.15) is 11.0 Å². The summed E-state index contributed by atoms with van der Waals surface area (Å²) < 4.78 is 12.9. The van der Waals surface area contributed by atoms with Crippen LogP contribution >= 0.6 is 36.4 Å². The standard InChI is InChI=1S/C9H10ClFN2.2ClH/c10-9-7(4-6(11)5-13-9)8-2-1-3-12-8;;/h4-5,8,12H,1-3H2;2*1H/t8-;;/m1../s1. The van der Waals surface area contributed by atoms with E-state index in [2.05, 4.69) is 10.3 Å². The van der Waals surface area contributed by atoms with Gasteiger partial charge >= 0.3 is 0 Å². The number of hydrogen-bond acceptors (Lipinski definition) is 2. The van der Waals surface area contributed by atoms with Crippen LogP contribution in [0.2, 0.25) is 5.15 Å². The minimum atomic E-state index is -0.326. The molecule has 1 aliphatic rings. The molecule has 0 unspecified atom stereocenters. The predicted octanol–water partition coefficient (Wildman–Crippen LogP) is 3.14. The maximum absolute atomic E-state index is 12.9. The van der Waals surface area contributed by atoms with Crippen molar-refractivity contribution in [1.29, 1.82) is 0 Å². The van der Waals surface area contributed by atoms with Gasteiger partial charge in [0.15, 0.2) is 0 Å². The van der Waals surface area contributed by atoms with Crippen molar-refractivity contribution in [2.75, 3.05) is 6.54 Å². The van der Waals surface area contributed by atoms with E-state index in [1.807, 2.05) is 0 Å². The van der Waals surface area contributed by atoms with Crippen LogP contribution in [0, 0.1) is 5.82 Å². The minimum Gasteiger partial charge on any atom is -0.310 e. The molecule has 6 heteroatoms. The fourth-order valence-electron chi connectivity index (χ4n) is 1.63. The maximum atomic E-state index is 12.9. The number of hydrogen-bond donors (Lipinski definition) is 1. The van der Waals surface area contributed by atoms with Crippen molar-refractivity contribution in [2.24, 2.45) is 0 Å². The highest BCUT2D eigenvalue weighted by molar-refractivity contribution is 6.30. The molecular weight excluding hydrogens is 261 g/mol. The maximum Gasteiger partial charge on any atom is 0.141 e. The molecule has 1 atom stereocenters. The van der Waals surface area contributed by atoms with Crippen molar-refractivity contribution in [2.45, 2.75) is 18.9 Å². The molecule has 0 aliphatic carbocycles. The van der Waals surface area contributed by atoms with Gasteiger partial charge in [-0.05, 0) is 25.5 Å². The van der Waals surface area contributed by atoms with Crippen LogP contribution < -0.4 is 5.32 Å². The first-order valence-electron chi connectivity index (χ1n) is 4.31. The normalized spacial score (nSPS) is 19.2. The molecule has 0 radical (unpaired) electrons. The summed E-state index contributed by atoms with van der Waals surface area (Å²) in [5.74, 6) is -0.326. The zero-order valence-electron chi connectivity index (χ0n) is 7.87. The van der Waals surface area contributed by atoms with E-state index in [1.54, 1.807) is 0 Å². The van der Waals surface area contributed by atoms with Gasteiger partial charge < -0.3 is 5.32 Å². The predicted molar refractivity (Wildman–Crippen MR) is 63.7 cm³/mol. The Morgan fingerprint density at radius 2 is 2.20 bits per heavy atom. The molecule has 1 fully saturated rings. The molecule has 1 N–H and O–H groups in total. The van der Waals surface area contributed by atoms with Gasteiger partial charge in [-0.2, -0.15) is 0 Å². The largest absolute Gasteiger partial charge is 0.310 e. The van der Waals surface area contributed by atoms with Crippen molar-refractivity contribution in [1.82, 2.24) is 10.3 Å². The van der Waals surface area contributed by atoms with E-state index in [9.17, 15) is 4.39 Å². The third kappa shape index (κ3) is 3.45. The number of pyridine rings is 1. The summed E-state index contributed by atoms with van der Waals surface area (Å²) in [6.07, 6.45) is 3.25. The number of aromatic nitrogens is 1. The van der Waals surface area contributed by atoms with E-state index in [0.717, 1.165) is 31.1 Å². The van der Waals surface area contributed by atoms with Crippen LogP contribution in [0.4, 0.5) is 4.39 Å². The number of rotatable bonds is 1. The van der Waals surface area contributed by atoms with E-state index in [-0.39, 0.29) is 36.7 Å². The lowest BCUT2D eigenvalue weighted by atomic mass is 10.1. The Morgan fingerprint density at radius 3 is 2.80 bits per heavy atom. The van der Waals surface area contributed by atoms with Crippen molar-refractivity contribution in [3.05, 3.63) is 28.8 Å². The van der Waals surface area contributed by atoms with Gasteiger partial charge in [-0.15, -0.1) is 24.8 Å². The van der Waals surface area contributed by atoms with Crippen LogP contribution in [0.3, 0.4) is 0 Å². The van der Waals surface area contributed by atoms with E-state index < -0.39 is 0 Å². The fourth-order valence-corrected chi connectivity index (χ4v) is 1.87. The highest BCUT2D eigenvalue weighted by Gasteiger charge is 2.19. The van der Waals surface area contributed by atoms with Crippen molar-refractivity contribution >= 4 is 36.4 Å². The molecule has 2 nitrogen and oxygen atoms in total. The molecule has 0 aromatic carbocycles. The van der Waals surface area contributed by atoms with Gasteiger partial charge in [-0.1, -0.05) is 11.6 Å². The van der Waals surface area contributed by atoms with E-state index >= 15 is 0 Å². The molecule has 0 spiro atoms. The van der Waals surface area contributed by atoms with Crippen LogP contribution in [-0.4, -0.2) is 11.5 Å². The second-order valence-electron chi connectivity index (χ2n) is 3.18. The van der Waals surface area contributed by atoms with Gasteiger partial charge in [0.05, 0.1) is 6.20 Å². The van der Waals surface area contributed by atoms with Gasteiger partial charge in [0, 0.05) is 11.6 Å². The monoisotopic (exact) mass is 272 g/mol. The molecule has 86 valence electrons. The molecule has 1 aliphatic heterocycles. The Hall–Kier alpha value is -0.0900. The molecule has 1 aromatic rings. The molecule has 0 bridgehead atoms. The summed E-state index contributed by atoms with van der Waals surface area (Å²) >= 11 is 5.86. The molecule has 0 saturated carbocycles. The quantitative estimate of drug-likeness (QED) is 0.795. The molecule has 2 heterocycles. The summed E-state index contributed by atoms with van der Waals surface area (Å²) in [7, 11) is 0. The molecular formula is C9H12Cl3FN2. The summed E-state index contributed by atoms with van der Waals surface area (Å²) in [5.41, 5.74) is 0.777. The van der Waals surface area contributed by atoms with Crippen LogP contribution in [0.1, 0.15) is 24.4 Å². The zero-order chi connectivity index (χ0) is 9.26. The molecule has 1 aromatic heterocycles. The van der Waals surface area contributed by atoms with Gasteiger partial charge in [-0.25, -0.2) is 9.37 Å². The van der Waals surface area contributed by atoms with Gasteiger partial charge in [0.25, 0.3) is 0 Å². The second kappa shape index (κ2) is 6.48. The Bertz CT molecular complexity index is 316. The lowest BCUT2D eigenvalue weighted by Gasteiger charge is -2.11. The number of nitrogens with one attached hydrogen (secondary N) is 1. The van der Waals surface area contributed by atoms with Crippen LogP contribution in [-0.2, 0) is 0 Å². The first-order chi connectivity index (χ1) is 6.27. The summed E-state index contributed by atoms with van der Waals surface area (Å²) in [4.78, 5) is 3.77. The average molecular weight is 274 g/mol. The Labute approximate surface area is 105 Å². The Kier molecular flexibility index (Phi) is 6.44. The summed E-state index contributed by atoms with van der Waals surface area (Å²) in [5, 5.41) is 3.65. The first-order valence-corrected chi connectivity index (χ1v) is 4.69. The smallest absolute Gasteiger partial charge is 0.141 e. The fraction of sp³-hybridized carbons (Fsp3) is 0.444. The van der Waals surface area contributed by atoms with Crippen LogP contribution in [0.5, 0.6) is 0 Å². The lowest BCUT2D eigenvalue weighted by molar-refractivity contribution is 0.599. The van der Waals surface area contributed by atoms with E-state index in [0.29, 0.717) is 5.15 Å². The highest BCUT2D eigenvalue weighted by Crippen LogP contribution is 2.27. The van der Waals surface area contributed by atoms with Gasteiger partial charge in [0.2, 0.25) is 0 Å². The number of halogens is 4. The number of nitrogens with zero attached hydrogens (tertiary/aromatic N) is 1. The molecule has 0 amide bonds. The average Bonchev–Trinajstić information content (AvgIpc) is 2.61. The Balaban J connectivity index is 0.000000980. The lowest BCUT2D eigenvalue weighted by Crippen LogP contribution is -2.13. The molecule has 1 saturated heterocycles. The summed E-state index contributed by atoms with van der Waals surface area (Å²) in [6, 6.07) is 1.63. The van der Waals surface area contributed by atoms with E-state index in [4.69, 9.17) is 11.6 Å². The van der Waals surface area contributed by atoms with Crippen LogP contribution in [0.15, 0.2) is 12.3 Å². The van der Waals surface area contributed by atoms with Crippen molar-refractivity contribution in [3.63, 3.8) is 0 Å². The third-order valence-electron chi connectivity index (χ3n) is 2.27. The Morgan fingerprint density at radius 1 is 1.47 bits per heavy atom. The molecule has 2 rings (SSSR count). The third-order valence-corrected chi connectivity index (χ3v) is 2.58. The second-order valence-corrected chi connectivity index (χ2v) is 3.54. The summed E-state index contributed by atoms with van der Waals surface area (Å²) in [6.45, 7) is 0.970.